The molecule has 7 heteroatoms. The zero-order valence-electron chi connectivity index (χ0n) is 13.5. The molecule has 2 rings (SSSR count). The molecule has 1 saturated heterocycles. The van der Waals surface area contributed by atoms with Crippen molar-refractivity contribution in [3.63, 3.8) is 0 Å². The Morgan fingerprint density at radius 1 is 1.21 bits per heavy atom. The lowest BCUT2D eigenvalue weighted by Crippen LogP contribution is -2.43. The molecule has 1 aromatic carbocycles. The van der Waals surface area contributed by atoms with Crippen LogP contribution in [0.2, 0.25) is 0 Å². The highest BCUT2D eigenvalue weighted by Crippen LogP contribution is 2.33. The van der Waals surface area contributed by atoms with E-state index in [-0.39, 0.29) is 30.5 Å². The Balaban J connectivity index is 2.03. The van der Waals surface area contributed by atoms with Crippen molar-refractivity contribution >= 4 is 11.8 Å². The van der Waals surface area contributed by atoms with E-state index in [1.807, 2.05) is 6.92 Å². The van der Waals surface area contributed by atoms with Crippen LogP contribution in [0.15, 0.2) is 24.3 Å². The third-order valence-electron chi connectivity index (χ3n) is 4.17. The predicted molar refractivity (Wildman–Crippen MR) is 83.4 cm³/mol. The van der Waals surface area contributed by atoms with Crippen LogP contribution in [0, 0.1) is 5.92 Å². The van der Waals surface area contributed by atoms with Gasteiger partial charge in [-0.05, 0) is 31.4 Å². The minimum absolute atomic E-state index is 0.0420. The fourth-order valence-electron chi connectivity index (χ4n) is 2.82. The highest BCUT2D eigenvalue weighted by molar-refractivity contribution is 5.96. The Labute approximate surface area is 139 Å². The summed E-state index contributed by atoms with van der Waals surface area (Å²) in [4.78, 5) is 25.8. The first kappa shape index (κ1) is 18.3. The van der Waals surface area contributed by atoms with E-state index in [0.29, 0.717) is 19.4 Å². The second-order valence-corrected chi connectivity index (χ2v) is 5.90. The van der Waals surface area contributed by atoms with Gasteiger partial charge in [0.2, 0.25) is 5.91 Å². The van der Waals surface area contributed by atoms with E-state index < -0.39 is 17.6 Å². The van der Waals surface area contributed by atoms with E-state index in [4.69, 9.17) is 0 Å². The lowest BCUT2D eigenvalue weighted by molar-refractivity contribution is -0.138. The molecule has 1 aliphatic rings. The summed E-state index contributed by atoms with van der Waals surface area (Å²) < 4.78 is 39.1. The summed E-state index contributed by atoms with van der Waals surface area (Å²) in [6.45, 7) is 3.14. The molecule has 1 heterocycles. The Kier molecular flexibility index (Phi) is 5.85. The maximum Gasteiger partial charge on any atom is 0.417 e. The number of likely N-dealkylation sites (tertiary alicyclic amines) is 1. The Morgan fingerprint density at radius 3 is 2.42 bits per heavy atom. The number of nitrogens with zero attached hydrogens (tertiary/aromatic N) is 1. The first-order valence-corrected chi connectivity index (χ1v) is 8.07. The first-order valence-electron chi connectivity index (χ1n) is 8.07. The lowest BCUT2D eigenvalue weighted by Gasteiger charge is -2.32. The van der Waals surface area contributed by atoms with Gasteiger partial charge in [-0.3, -0.25) is 9.59 Å². The van der Waals surface area contributed by atoms with Crippen LogP contribution >= 0.6 is 0 Å². The second kappa shape index (κ2) is 7.68. The number of hydrogen-bond acceptors (Lipinski definition) is 2. The zero-order valence-corrected chi connectivity index (χ0v) is 13.5. The van der Waals surface area contributed by atoms with Gasteiger partial charge in [-0.2, -0.15) is 13.2 Å². The molecule has 1 fully saturated rings. The molecular formula is C17H21F3N2O2. The topological polar surface area (TPSA) is 49.4 Å². The van der Waals surface area contributed by atoms with Crippen molar-refractivity contribution in [1.82, 2.24) is 10.2 Å². The van der Waals surface area contributed by atoms with Gasteiger partial charge in [-0.1, -0.05) is 19.1 Å². The Hall–Kier alpha value is -2.05. The van der Waals surface area contributed by atoms with Gasteiger partial charge in [0.25, 0.3) is 5.91 Å². The number of piperidine rings is 1. The van der Waals surface area contributed by atoms with Gasteiger partial charge in [-0.25, -0.2) is 0 Å². The van der Waals surface area contributed by atoms with E-state index in [2.05, 4.69) is 5.32 Å². The number of benzene rings is 1. The predicted octanol–water partition coefficient (Wildman–Crippen LogP) is 3.08. The van der Waals surface area contributed by atoms with Crippen LogP contribution in [0.4, 0.5) is 13.2 Å². The van der Waals surface area contributed by atoms with E-state index in [0.717, 1.165) is 12.5 Å². The number of rotatable bonds is 4. The van der Waals surface area contributed by atoms with Crippen LogP contribution in [0.1, 0.15) is 42.1 Å². The minimum Gasteiger partial charge on any atom is -0.356 e. The second-order valence-electron chi connectivity index (χ2n) is 5.90. The highest BCUT2D eigenvalue weighted by atomic mass is 19.4. The van der Waals surface area contributed by atoms with Crippen LogP contribution in [-0.2, 0) is 11.0 Å². The third kappa shape index (κ3) is 4.27. The van der Waals surface area contributed by atoms with E-state index in [9.17, 15) is 22.8 Å². The molecule has 0 unspecified atom stereocenters. The monoisotopic (exact) mass is 342 g/mol. The van der Waals surface area contributed by atoms with Crippen molar-refractivity contribution in [2.75, 3.05) is 19.6 Å². The molecule has 0 aromatic heterocycles. The van der Waals surface area contributed by atoms with Crippen LogP contribution in [-0.4, -0.2) is 36.3 Å². The molecule has 4 nitrogen and oxygen atoms in total. The van der Waals surface area contributed by atoms with Gasteiger partial charge < -0.3 is 10.2 Å². The number of halogens is 3. The first-order chi connectivity index (χ1) is 11.3. The number of nitrogens with one attached hydrogen (secondary N) is 1. The molecule has 0 bridgehead atoms. The quantitative estimate of drug-likeness (QED) is 0.914. The summed E-state index contributed by atoms with van der Waals surface area (Å²) in [5, 5.41) is 2.82. The van der Waals surface area contributed by atoms with Crippen molar-refractivity contribution in [3.05, 3.63) is 35.4 Å². The SMILES string of the molecule is CCCNC(=O)C1CCN(C(=O)c2ccccc2C(F)(F)F)CC1. The van der Waals surface area contributed by atoms with Gasteiger partial charge in [0, 0.05) is 25.6 Å². The average Bonchev–Trinajstić information content (AvgIpc) is 2.58. The molecule has 1 aliphatic heterocycles. The van der Waals surface area contributed by atoms with Gasteiger partial charge in [0.1, 0.15) is 0 Å². The van der Waals surface area contributed by atoms with E-state index in [1.165, 1.54) is 23.1 Å². The molecule has 0 radical (unpaired) electrons. The normalized spacial score (nSPS) is 16.1. The minimum atomic E-state index is -4.56. The fraction of sp³-hybridized carbons (Fsp3) is 0.529. The van der Waals surface area contributed by atoms with Crippen LogP contribution in [0.3, 0.4) is 0 Å². The molecule has 132 valence electrons. The molecule has 24 heavy (non-hydrogen) atoms. The number of amides is 2. The fourth-order valence-corrected chi connectivity index (χ4v) is 2.82. The summed E-state index contributed by atoms with van der Waals surface area (Å²) in [6.07, 6.45) is -2.78. The maximum atomic E-state index is 13.0. The summed E-state index contributed by atoms with van der Waals surface area (Å²) in [7, 11) is 0. The molecule has 1 N–H and O–H groups in total. The largest absolute Gasteiger partial charge is 0.417 e. The van der Waals surface area contributed by atoms with Gasteiger partial charge >= 0.3 is 6.18 Å². The molecule has 1 aromatic rings. The molecule has 0 spiro atoms. The number of alkyl halides is 3. The van der Waals surface area contributed by atoms with Crippen molar-refractivity contribution < 1.29 is 22.8 Å². The van der Waals surface area contributed by atoms with Crippen LogP contribution in [0.5, 0.6) is 0 Å². The van der Waals surface area contributed by atoms with Crippen LogP contribution in [0.25, 0.3) is 0 Å². The lowest BCUT2D eigenvalue weighted by atomic mass is 9.95. The van der Waals surface area contributed by atoms with Crippen LogP contribution < -0.4 is 5.32 Å². The summed E-state index contributed by atoms with van der Waals surface area (Å²) >= 11 is 0. The average molecular weight is 342 g/mol. The molecule has 0 saturated carbocycles. The van der Waals surface area contributed by atoms with Gasteiger partial charge in [-0.15, -0.1) is 0 Å². The summed E-state index contributed by atoms with van der Waals surface area (Å²) in [6, 6.07) is 4.81. The van der Waals surface area contributed by atoms with Gasteiger partial charge in [0.15, 0.2) is 0 Å². The van der Waals surface area contributed by atoms with Gasteiger partial charge in [0.05, 0.1) is 11.1 Å². The molecular weight excluding hydrogens is 321 g/mol. The van der Waals surface area contributed by atoms with Crippen molar-refractivity contribution in [2.24, 2.45) is 5.92 Å². The van der Waals surface area contributed by atoms with Crippen molar-refractivity contribution in [2.45, 2.75) is 32.4 Å². The number of carbonyl (C=O) groups excluding carboxylic acids is 2. The van der Waals surface area contributed by atoms with Crippen molar-refractivity contribution in [3.8, 4) is 0 Å². The standard InChI is InChI=1S/C17H21F3N2O2/c1-2-9-21-15(23)12-7-10-22(11-8-12)16(24)13-5-3-4-6-14(13)17(18,19)20/h3-6,12H,2,7-11H2,1H3,(H,21,23). The van der Waals surface area contributed by atoms with E-state index >= 15 is 0 Å². The highest BCUT2D eigenvalue weighted by Gasteiger charge is 2.36. The number of carbonyl (C=O) groups is 2. The Bertz CT molecular complexity index is 594. The third-order valence-corrected chi connectivity index (χ3v) is 4.17. The number of hydrogen-bond donors (Lipinski definition) is 1. The molecule has 2 amide bonds. The summed E-state index contributed by atoms with van der Waals surface area (Å²) in [5.41, 5.74) is -1.25. The molecule has 0 atom stereocenters. The smallest absolute Gasteiger partial charge is 0.356 e. The molecule has 0 aliphatic carbocycles. The maximum absolute atomic E-state index is 13.0. The summed E-state index contributed by atoms with van der Waals surface area (Å²) in [5.74, 6) is -0.853. The van der Waals surface area contributed by atoms with Crippen molar-refractivity contribution in [1.29, 1.82) is 0 Å². The zero-order chi connectivity index (χ0) is 17.7. The Morgan fingerprint density at radius 2 is 1.83 bits per heavy atom. The van der Waals surface area contributed by atoms with E-state index in [1.54, 1.807) is 0 Å².